The summed E-state index contributed by atoms with van der Waals surface area (Å²) < 4.78 is 33.7. The van der Waals surface area contributed by atoms with Crippen molar-refractivity contribution in [3.63, 3.8) is 0 Å². The van der Waals surface area contributed by atoms with Gasteiger partial charge in [-0.25, -0.2) is 13.4 Å². The van der Waals surface area contributed by atoms with E-state index in [1.807, 2.05) is 0 Å². The van der Waals surface area contributed by atoms with Crippen LogP contribution in [0.4, 0.5) is 0 Å². The predicted octanol–water partition coefficient (Wildman–Crippen LogP) is 3.49. The molecule has 1 aliphatic rings. The Hall–Kier alpha value is -2.16. The molecule has 0 bridgehead atoms. The largest absolute Gasteiger partial charge is 0.481 e. The van der Waals surface area contributed by atoms with E-state index in [0.29, 0.717) is 35.3 Å². The molecule has 0 spiro atoms. The van der Waals surface area contributed by atoms with Crippen molar-refractivity contribution in [3.8, 4) is 5.88 Å². The van der Waals surface area contributed by atoms with Crippen LogP contribution in [0.5, 0.6) is 5.88 Å². The van der Waals surface area contributed by atoms with E-state index in [1.165, 1.54) is 35.7 Å². The Balaban J connectivity index is 2.03. The van der Waals surface area contributed by atoms with Gasteiger partial charge in [0.05, 0.1) is 12.0 Å². The average Bonchev–Trinajstić information content (AvgIpc) is 2.94. The highest BCUT2D eigenvalue weighted by molar-refractivity contribution is 7.89. The fourth-order valence-corrected chi connectivity index (χ4v) is 5.49. The maximum Gasteiger partial charge on any atom is 0.244 e. The van der Waals surface area contributed by atoms with Gasteiger partial charge in [-0.2, -0.15) is 4.31 Å². The number of methoxy groups -OCH3 is 1. The van der Waals surface area contributed by atoms with Gasteiger partial charge in [-0.1, -0.05) is 31.5 Å². The number of benzene rings is 1. The quantitative estimate of drug-likeness (QED) is 0.676. The standard InChI is InChI=1S/C22H28ClN3O4S/c1-15(2)17-10-11-24-22(27)20(12-17)26(14-16-4-9-21(30-3)25-13-16)31(28,29)19-7-5-18(23)6-8-19/h4-9,13,15,17,20H,10-12,14H2,1-3H3,(H,24,27). The molecule has 9 heteroatoms. The summed E-state index contributed by atoms with van der Waals surface area (Å²) in [7, 11) is -2.46. The third-order valence-electron chi connectivity index (χ3n) is 5.70. The minimum Gasteiger partial charge on any atom is -0.481 e. The fraction of sp³-hybridized carbons (Fsp3) is 0.455. The molecular weight excluding hydrogens is 438 g/mol. The maximum atomic E-state index is 13.7. The second kappa shape index (κ2) is 9.97. The van der Waals surface area contributed by atoms with Crippen molar-refractivity contribution in [2.24, 2.45) is 11.8 Å². The summed E-state index contributed by atoms with van der Waals surface area (Å²) in [4.78, 5) is 17.2. The van der Waals surface area contributed by atoms with Crippen molar-refractivity contribution in [1.82, 2.24) is 14.6 Å². The molecule has 0 radical (unpaired) electrons. The van der Waals surface area contributed by atoms with Crippen molar-refractivity contribution in [2.45, 2.75) is 44.2 Å². The zero-order valence-corrected chi connectivity index (χ0v) is 19.5. The number of sulfonamides is 1. The summed E-state index contributed by atoms with van der Waals surface area (Å²) >= 11 is 5.95. The van der Waals surface area contributed by atoms with E-state index < -0.39 is 16.1 Å². The number of carbonyl (C=O) groups is 1. The molecular formula is C22H28ClN3O4S. The Morgan fingerprint density at radius 2 is 1.94 bits per heavy atom. The van der Waals surface area contributed by atoms with Crippen molar-refractivity contribution >= 4 is 27.5 Å². The summed E-state index contributed by atoms with van der Waals surface area (Å²) in [6, 6.07) is 8.60. The van der Waals surface area contributed by atoms with E-state index >= 15 is 0 Å². The lowest BCUT2D eigenvalue weighted by atomic mass is 9.87. The van der Waals surface area contributed by atoms with Gasteiger partial charge < -0.3 is 10.1 Å². The van der Waals surface area contributed by atoms with E-state index in [4.69, 9.17) is 16.3 Å². The van der Waals surface area contributed by atoms with Crippen LogP contribution in [0.25, 0.3) is 0 Å². The highest BCUT2D eigenvalue weighted by atomic mass is 35.5. The average molecular weight is 466 g/mol. The summed E-state index contributed by atoms with van der Waals surface area (Å²) in [5.41, 5.74) is 0.663. The minimum absolute atomic E-state index is 0.0187. The van der Waals surface area contributed by atoms with Crippen LogP contribution in [0.15, 0.2) is 47.5 Å². The summed E-state index contributed by atoms with van der Waals surface area (Å²) in [6.45, 7) is 4.76. The second-order valence-electron chi connectivity index (χ2n) is 8.05. The number of hydrogen-bond acceptors (Lipinski definition) is 5. The number of amides is 1. The molecule has 1 amide bonds. The summed E-state index contributed by atoms with van der Waals surface area (Å²) in [6.07, 6.45) is 2.84. The highest BCUT2D eigenvalue weighted by Gasteiger charge is 2.39. The topological polar surface area (TPSA) is 88.6 Å². The van der Waals surface area contributed by atoms with Gasteiger partial charge in [-0.3, -0.25) is 4.79 Å². The van der Waals surface area contributed by atoms with Gasteiger partial charge in [-0.15, -0.1) is 0 Å². The predicted molar refractivity (Wildman–Crippen MR) is 119 cm³/mol. The third-order valence-corrected chi connectivity index (χ3v) is 7.82. The van der Waals surface area contributed by atoms with Crippen LogP contribution >= 0.6 is 11.6 Å². The van der Waals surface area contributed by atoms with Gasteiger partial charge in [0.1, 0.15) is 6.04 Å². The highest BCUT2D eigenvalue weighted by Crippen LogP contribution is 2.30. The Bertz CT molecular complexity index is 994. The van der Waals surface area contributed by atoms with Crippen LogP contribution in [0, 0.1) is 11.8 Å². The number of pyridine rings is 1. The molecule has 1 aromatic heterocycles. The maximum absolute atomic E-state index is 13.7. The Labute approximate surface area is 188 Å². The molecule has 1 aromatic carbocycles. The molecule has 0 aliphatic carbocycles. The second-order valence-corrected chi connectivity index (χ2v) is 10.4. The Kier molecular flexibility index (Phi) is 7.56. The molecule has 7 nitrogen and oxygen atoms in total. The molecule has 1 fully saturated rings. The van der Waals surface area contributed by atoms with E-state index in [0.717, 1.165) is 6.42 Å². The third kappa shape index (κ3) is 5.56. The minimum atomic E-state index is -3.97. The normalized spacial score (nSPS) is 19.9. The van der Waals surface area contributed by atoms with Crippen LogP contribution in [-0.4, -0.2) is 43.3 Å². The number of carbonyl (C=O) groups excluding carboxylic acids is 1. The van der Waals surface area contributed by atoms with E-state index in [-0.39, 0.29) is 23.3 Å². The molecule has 1 N–H and O–H groups in total. The van der Waals surface area contributed by atoms with Gasteiger partial charge in [0.25, 0.3) is 0 Å². The van der Waals surface area contributed by atoms with Crippen molar-refractivity contribution in [2.75, 3.05) is 13.7 Å². The van der Waals surface area contributed by atoms with Gasteiger partial charge in [0.2, 0.25) is 21.8 Å². The van der Waals surface area contributed by atoms with Gasteiger partial charge in [-0.05, 0) is 54.5 Å². The van der Waals surface area contributed by atoms with E-state index in [9.17, 15) is 13.2 Å². The first-order valence-electron chi connectivity index (χ1n) is 10.3. The zero-order chi connectivity index (χ0) is 22.6. The summed E-state index contributed by atoms with van der Waals surface area (Å²) in [5.74, 6) is 0.712. The van der Waals surface area contributed by atoms with Crippen molar-refractivity contribution in [1.29, 1.82) is 0 Å². The Morgan fingerprint density at radius 3 is 2.52 bits per heavy atom. The lowest BCUT2D eigenvalue weighted by Gasteiger charge is -2.31. The molecule has 1 saturated heterocycles. The lowest BCUT2D eigenvalue weighted by Crippen LogP contribution is -2.48. The number of aromatic nitrogens is 1. The van der Waals surface area contributed by atoms with Gasteiger partial charge >= 0.3 is 0 Å². The van der Waals surface area contributed by atoms with Crippen LogP contribution in [0.1, 0.15) is 32.3 Å². The molecule has 2 unspecified atom stereocenters. The number of nitrogens with one attached hydrogen (secondary N) is 1. The molecule has 3 rings (SSSR count). The first kappa shape index (κ1) is 23.5. The van der Waals surface area contributed by atoms with Crippen molar-refractivity contribution < 1.29 is 17.9 Å². The zero-order valence-electron chi connectivity index (χ0n) is 17.9. The molecule has 0 saturated carbocycles. The molecule has 168 valence electrons. The molecule has 2 heterocycles. The van der Waals surface area contributed by atoms with Crippen molar-refractivity contribution in [3.05, 3.63) is 53.2 Å². The first-order valence-corrected chi connectivity index (χ1v) is 12.1. The lowest BCUT2D eigenvalue weighted by molar-refractivity contribution is -0.124. The fourth-order valence-electron chi connectivity index (χ4n) is 3.77. The number of ether oxygens (including phenoxy) is 1. The Morgan fingerprint density at radius 1 is 1.23 bits per heavy atom. The number of halogens is 1. The van der Waals surface area contributed by atoms with Crippen LogP contribution in [-0.2, 0) is 21.4 Å². The molecule has 2 atom stereocenters. The van der Waals surface area contributed by atoms with Crippen LogP contribution < -0.4 is 10.1 Å². The number of hydrogen-bond donors (Lipinski definition) is 1. The number of rotatable bonds is 7. The monoisotopic (exact) mass is 465 g/mol. The molecule has 2 aromatic rings. The van der Waals surface area contributed by atoms with Gasteiger partial charge in [0, 0.05) is 30.4 Å². The summed E-state index contributed by atoms with van der Waals surface area (Å²) in [5, 5.41) is 3.34. The number of nitrogens with zero attached hydrogens (tertiary/aromatic N) is 2. The van der Waals surface area contributed by atoms with E-state index in [2.05, 4.69) is 24.1 Å². The smallest absolute Gasteiger partial charge is 0.244 e. The van der Waals surface area contributed by atoms with Crippen LogP contribution in [0.3, 0.4) is 0 Å². The SMILES string of the molecule is COc1ccc(CN(C2CC(C(C)C)CCNC2=O)S(=O)(=O)c2ccc(Cl)cc2)cn1. The first-order chi connectivity index (χ1) is 14.7. The molecule has 1 aliphatic heterocycles. The van der Waals surface area contributed by atoms with Gasteiger partial charge in [0.15, 0.2) is 0 Å². The molecule has 31 heavy (non-hydrogen) atoms. The van der Waals surface area contributed by atoms with E-state index in [1.54, 1.807) is 18.3 Å². The van der Waals surface area contributed by atoms with Crippen LogP contribution in [0.2, 0.25) is 5.02 Å².